The SMILES string of the molecule is CN1C(=O)COc2c(NC3=CC(=O)N(CCO)C3=O)cccc21. The van der Waals surface area contributed by atoms with Gasteiger partial charge in [0.05, 0.1) is 24.5 Å². The number of fused-ring (bicyclic) bond motifs is 1. The van der Waals surface area contributed by atoms with Gasteiger partial charge in [-0.15, -0.1) is 0 Å². The number of ether oxygens (including phenoxy) is 1. The predicted molar refractivity (Wildman–Crippen MR) is 80.9 cm³/mol. The van der Waals surface area contributed by atoms with Crippen LogP contribution in [0.3, 0.4) is 0 Å². The minimum absolute atomic E-state index is 0.0556. The van der Waals surface area contributed by atoms with E-state index in [1.807, 2.05) is 0 Å². The second kappa shape index (κ2) is 5.73. The van der Waals surface area contributed by atoms with Gasteiger partial charge in [-0.2, -0.15) is 0 Å². The van der Waals surface area contributed by atoms with Gasteiger partial charge in [0, 0.05) is 13.1 Å². The largest absolute Gasteiger partial charge is 0.479 e. The molecule has 0 unspecified atom stereocenters. The Balaban J connectivity index is 1.88. The molecule has 0 spiro atoms. The minimum Gasteiger partial charge on any atom is -0.479 e. The normalized spacial score (nSPS) is 17.1. The smallest absolute Gasteiger partial charge is 0.277 e. The van der Waals surface area contributed by atoms with Crippen LogP contribution in [0.5, 0.6) is 5.75 Å². The Morgan fingerprint density at radius 3 is 2.83 bits per heavy atom. The lowest BCUT2D eigenvalue weighted by Gasteiger charge is -2.27. The number of rotatable bonds is 4. The van der Waals surface area contributed by atoms with Gasteiger partial charge in [-0.3, -0.25) is 19.3 Å². The zero-order chi connectivity index (χ0) is 16.6. The highest BCUT2D eigenvalue weighted by Crippen LogP contribution is 2.38. The number of carbonyl (C=O) groups excluding carboxylic acids is 3. The monoisotopic (exact) mass is 317 g/mol. The number of carbonyl (C=O) groups is 3. The first-order valence-electron chi connectivity index (χ1n) is 7.00. The van der Waals surface area contributed by atoms with E-state index < -0.39 is 11.8 Å². The lowest BCUT2D eigenvalue weighted by molar-refractivity contribution is -0.137. The molecule has 8 heteroatoms. The molecule has 0 bridgehead atoms. The standard InChI is InChI=1S/C15H15N3O5/c1-17-11-4-2-3-9(14(11)23-8-13(17)21)16-10-7-12(20)18(5-6-19)15(10)22/h2-4,7,16,19H,5-6,8H2,1H3. The van der Waals surface area contributed by atoms with Crippen molar-refractivity contribution < 1.29 is 24.2 Å². The zero-order valence-electron chi connectivity index (χ0n) is 12.4. The van der Waals surface area contributed by atoms with Crippen LogP contribution in [0.25, 0.3) is 0 Å². The zero-order valence-corrected chi connectivity index (χ0v) is 12.4. The molecule has 2 aliphatic heterocycles. The molecule has 1 aromatic carbocycles. The van der Waals surface area contributed by atoms with Gasteiger partial charge in [0.1, 0.15) is 5.70 Å². The summed E-state index contributed by atoms with van der Waals surface area (Å²) in [5.41, 5.74) is 1.16. The maximum absolute atomic E-state index is 12.2. The summed E-state index contributed by atoms with van der Waals surface area (Å²) in [6, 6.07) is 5.13. The Morgan fingerprint density at radius 2 is 2.09 bits per heavy atom. The lowest BCUT2D eigenvalue weighted by atomic mass is 10.2. The maximum atomic E-state index is 12.2. The molecule has 0 saturated carbocycles. The molecule has 3 rings (SSSR count). The topological polar surface area (TPSA) is 99.2 Å². The summed E-state index contributed by atoms with van der Waals surface area (Å²) in [5.74, 6) is -0.724. The molecule has 0 fully saturated rings. The Morgan fingerprint density at radius 1 is 1.30 bits per heavy atom. The fourth-order valence-corrected chi connectivity index (χ4v) is 2.46. The number of likely N-dealkylation sites (N-methyl/N-ethyl adjacent to an activating group) is 1. The molecule has 0 atom stereocenters. The van der Waals surface area contributed by atoms with Crippen LogP contribution in [0.2, 0.25) is 0 Å². The summed E-state index contributed by atoms with van der Waals surface area (Å²) in [6.07, 6.45) is 1.18. The van der Waals surface area contributed by atoms with Gasteiger partial charge in [0.15, 0.2) is 12.4 Å². The number of imide groups is 1. The van der Waals surface area contributed by atoms with Crippen LogP contribution in [-0.4, -0.2) is 54.5 Å². The highest BCUT2D eigenvalue weighted by molar-refractivity contribution is 6.17. The van der Waals surface area contributed by atoms with Crippen LogP contribution in [0.1, 0.15) is 0 Å². The minimum atomic E-state index is -0.512. The number of hydrogen-bond donors (Lipinski definition) is 2. The molecule has 120 valence electrons. The van der Waals surface area contributed by atoms with Gasteiger partial charge in [0.2, 0.25) is 0 Å². The number of nitrogens with zero attached hydrogens (tertiary/aromatic N) is 2. The average molecular weight is 317 g/mol. The number of para-hydroxylation sites is 1. The number of amides is 3. The molecule has 3 amide bonds. The number of aliphatic hydroxyl groups is 1. The van der Waals surface area contributed by atoms with Crippen LogP contribution >= 0.6 is 0 Å². The molecular weight excluding hydrogens is 302 g/mol. The van der Waals surface area contributed by atoms with Crippen molar-refractivity contribution in [2.75, 3.05) is 37.0 Å². The first-order valence-corrected chi connectivity index (χ1v) is 7.00. The Labute approximate surface area is 131 Å². The van der Waals surface area contributed by atoms with Gasteiger partial charge >= 0.3 is 0 Å². The molecule has 0 aliphatic carbocycles. The lowest BCUT2D eigenvalue weighted by Crippen LogP contribution is -2.36. The van der Waals surface area contributed by atoms with Crippen molar-refractivity contribution in [1.29, 1.82) is 0 Å². The van der Waals surface area contributed by atoms with Crippen LogP contribution in [0, 0.1) is 0 Å². The predicted octanol–water partition coefficient (Wildman–Crippen LogP) is -0.301. The quantitative estimate of drug-likeness (QED) is 0.740. The third kappa shape index (κ3) is 2.53. The van der Waals surface area contributed by atoms with E-state index in [-0.39, 0.29) is 31.4 Å². The van der Waals surface area contributed by atoms with Crippen molar-refractivity contribution in [2.45, 2.75) is 0 Å². The van der Waals surface area contributed by atoms with Crippen molar-refractivity contribution in [3.05, 3.63) is 30.0 Å². The summed E-state index contributed by atoms with van der Waals surface area (Å²) in [7, 11) is 1.64. The molecule has 0 radical (unpaired) electrons. The van der Waals surface area contributed by atoms with E-state index in [0.717, 1.165) is 4.90 Å². The van der Waals surface area contributed by atoms with Gasteiger partial charge < -0.3 is 20.1 Å². The highest BCUT2D eigenvalue weighted by Gasteiger charge is 2.32. The molecule has 8 nitrogen and oxygen atoms in total. The van der Waals surface area contributed by atoms with Crippen LogP contribution in [-0.2, 0) is 14.4 Å². The Bertz CT molecular complexity index is 728. The number of anilines is 2. The van der Waals surface area contributed by atoms with E-state index in [2.05, 4.69) is 5.32 Å². The molecule has 2 heterocycles. The van der Waals surface area contributed by atoms with Crippen LogP contribution in [0.15, 0.2) is 30.0 Å². The molecule has 0 saturated heterocycles. The second-order valence-electron chi connectivity index (χ2n) is 5.10. The summed E-state index contributed by atoms with van der Waals surface area (Å²) in [5, 5.41) is 11.8. The molecule has 2 N–H and O–H groups in total. The number of aliphatic hydroxyl groups excluding tert-OH is 1. The Hall–Kier alpha value is -2.87. The Kier molecular flexibility index (Phi) is 3.75. The molecule has 1 aromatic rings. The van der Waals surface area contributed by atoms with E-state index in [9.17, 15) is 14.4 Å². The van der Waals surface area contributed by atoms with E-state index in [0.29, 0.717) is 17.1 Å². The van der Waals surface area contributed by atoms with Gasteiger partial charge in [-0.05, 0) is 12.1 Å². The average Bonchev–Trinajstić information content (AvgIpc) is 2.79. The molecule has 2 aliphatic rings. The number of β-amino-alcohol motifs (C(OH)–C–C–N with tert-alkyl or cyclic N) is 1. The van der Waals surface area contributed by atoms with Gasteiger partial charge in [-0.25, -0.2) is 0 Å². The number of nitrogens with one attached hydrogen (secondary N) is 1. The van der Waals surface area contributed by atoms with Crippen LogP contribution in [0.4, 0.5) is 11.4 Å². The van der Waals surface area contributed by atoms with Crippen molar-refractivity contribution in [3.63, 3.8) is 0 Å². The first kappa shape index (κ1) is 15.0. The summed E-state index contributed by atoms with van der Waals surface area (Å²) in [4.78, 5) is 38.0. The fourth-order valence-electron chi connectivity index (χ4n) is 2.46. The highest BCUT2D eigenvalue weighted by atomic mass is 16.5. The summed E-state index contributed by atoms with van der Waals surface area (Å²) >= 11 is 0. The number of hydrogen-bond acceptors (Lipinski definition) is 6. The first-order chi connectivity index (χ1) is 11.0. The van der Waals surface area contributed by atoms with E-state index in [1.54, 1.807) is 25.2 Å². The third-order valence-electron chi connectivity index (χ3n) is 3.67. The summed E-state index contributed by atoms with van der Waals surface area (Å²) < 4.78 is 5.45. The van der Waals surface area contributed by atoms with Crippen molar-refractivity contribution in [3.8, 4) is 5.75 Å². The third-order valence-corrected chi connectivity index (χ3v) is 3.67. The fraction of sp³-hybridized carbons (Fsp3) is 0.267. The van der Waals surface area contributed by atoms with E-state index in [1.165, 1.54) is 11.0 Å². The van der Waals surface area contributed by atoms with E-state index in [4.69, 9.17) is 9.84 Å². The van der Waals surface area contributed by atoms with Crippen molar-refractivity contribution >= 4 is 29.1 Å². The maximum Gasteiger partial charge on any atom is 0.277 e. The number of benzene rings is 1. The van der Waals surface area contributed by atoms with Gasteiger partial charge in [0.25, 0.3) is 17.7 Å². The van der Waals surface area contributed by atoms with E-state index >= 15 is 0 Å². The van der Waals surface area contributed by atoms with Crippen molar-refractivity contribution in [2.24, 2.45) is 0 Å². The summed E-state index contributed by atoms with van der Waals surface area (Å²) in [6.45, 7) is -0.444. The van der Waals surface area contributed by atoms with Crippen molar-refractivity contribution in [1.82, 2.24) is 4.90 Å². The molecule has 23 heavy (non-hydrogen) atoms. The molecular formula is C15H15N3O5. The van der Waals surface area contributed by atoms with Gasteiger partial charge in [-0.1, -0.05) is 6.07 Å². The molecule has 0 aromatic heterocycles. The second-order valence-corrected chi connectivity index (χ2v) is 5.10. The van der Waals surface area contributed by atoms with Crippen LogP contribution < -0.4 is 15.0 Å².